The van der Waals surface area contributed by atoms with E-state index < -0.39 is 0 Å². The SMILES string of the molecule is CN1CCN(Cc2nc(Sc3ccc(Cl)cc3)c3c4c(sc3n2)CCC4)CC1. The minimum atomic E-state index is 0.768. The Balaban J connectivity index is 1.50. The number of thiophene rings is 1. The topological polar surface area (TPSA) is 32.3 Å². The predicted octanol–water partition coefficient (Wildman–Crippen LogP) is 4.73. The molecule has 5 rings (SSSR count). The lowest BCUT2D eigenvalue weighted by atomic mass is 10.2. The van der Waals surface area contributed by atoms with Crippen LogP contribution in [-0.4, -0.2) is 53.0 Å². The van der Waals surface area contributed by atoms with Crippen LogP contribution in [0.4, 0.5) is 0 Å². The van der Waals surface area contributed by atoms with Crippen molar-refractivity contribution >= 4 is 44.9 Å². The third-order valence-electron chi connectivity index (χ3n) is 5.57. The van der Waals surface area contributed by atoms with E-state index in [0.29, 0.717) is 0 Å². The van der Waals surface area contributed by atoms with Gasteiger partial charge in [0.2, 0.25) is 0 Å². The zero-order valence-electron chi connectivity index (χ0n) is 15.9. The number of hydrogen-bond donors (Lipinski definition) is 0. The highest BCUT2D eigenvalue weighted by Crippen LogP contribution is 2.42. The van der Waals surface area contributed by atoms with Crippen molar-refractivity contribution in [2.24, 2.45) is 0 Å². The first-order chi connectivity index (χ1) is 13.7. The summed E-state index contributed by atoms with van der Waals surface area (Å²) < 4.78 is 0. The second kappa shape index (κ2) is 7.92. The molecule has 0 bridgehead atoms. The van der Waals surface area contributed by atoms with Crippen LogP contribution in [0.1, 0.15) is 22.7 Å². The number of benzene rings is 1. The fraction of sp³-hybridized carbons (Fsp3) is 0.429. The molecule has 3 heterocycles. The molecular formula is C21H23ClN4S2. The second-order valence-corrected chi connectivity index (χ2v) is 10.2. The highest BCUT2D eigenvalue weighted by Gasteiger charge is 2.24. The van der Waals surface area contributed by atoms with Gasteiger partial charge in [-0.1, -0.05) is 23.4 Å². The number of nitrogens with zero attached hydrogens (tertiary/aromatic N) is 4. The molecule has 1 aromatic carbocycles. The van der Waals surface area contributed by atoms with Gasteiger partial charge in [0.1, 0.15) is 15.7 Å². The number of aromatic nitrogens is 2. The zero-order chi connectivity index (χ0) is 19.1. The maximum Gasteiger partial charge on any atom is 0.145 e. The second-order valence-electron chi connectivity index (χ2n) is 7.62. The maximum absolute atomic E-state index is 6.07. The smallest absolute Gasteiger partial charge is 0.145 e. The van der Waals surface area contributed by atoms with Gasteiger partial charge < -0.3 is 4.90 Å². The number of fused-ring (bicyclic) bond motifs is 3. The van der Waals surface area contributed by atoms with Gasteiger partial charge in [-0.05, 0) is 56.1 Å². The maximum atomic E-state index is 6.07. The Bertz CT molecular complexity index is 994. The first-order valence-electron chi connectivity index (χ1n) is 9.81. The van der Waals surface area contributed by atoms with E-state index in [2.05, 4.69) is 29.0 Å². The van der Waals surface area contributed by atoms with Crippen molar-refractivity contribution in [2.45, 2.75) is 35.7 Å². The van der Waals surface area contributed by atoms with Crippen LogP contribution in [0.3, 0.4) is 0 Å². The van der Waals surface area contributed by atoms with Gasteiger partial charge in [0.05, 0.1) is 6.54 Å². The summed E-state index contributed by atoms with van der Waals surface area (Å²) in [6.07, 6.45) is 3.60. The molecule has 7 heteroatoms. The molecule has 146 valence electrons. The van der Waals surface area contributed by atoms with E-state index in [1.54, 1.807) is 11.8 Å². The van der Waals surface area contributed by atoms with Crippen LogP contribution in [0.15, 0.2) is 34.2 Å². The number of halogens is 1. The lowest BCUT2D eigenvalue weighted by Gasteiger charge is -2.31. The van der Waals surface area contributed by atoms with Gasteiger partial charge in [0.15, 0.2) is 0 Å². The molecule has 1 aliphatic carbocycles. The minimum Gasteiger partial charge on any atom is -0.304 e. The summed E-state index contributed by atoms with van der Waals surface area (Å²) in [4.78, 5) is 18.7. The van der Waals surface area contributed by atoms with E-state index >= 15 is 0 Å². The third kappa shape index (κ3) is 3.81. The Hall–Kier alpha value is -1.18. The van der Waals surface area contributed by atoms with Gasteiger partial charge in [-0.25, -0.2) is 9.97 Å². The van der Waals surface area contributed by atoms with Crippen LogP contribution in [-0.2, 0) is 19.4 Å². The van der Waals surface area contributed by atoms with Gasteiger partial charge in [0.25, 0.3) is 0 Å². The van der Waals surface area contributed by atoms with E-state index in [1.165, 1.54) is 38.4 Å². The van der Waals surface area contributed by atoms with E-state index in [-0.39, 0.29) is 0 Å². The summed E-state index contributed by atoms with van der Waals surface area (Å²) in [6, 6.07) is 8.05. The normalized spacial score (nSPS) is 18.1. The van der Waals surface area contributed by atoms with E-state index in [9.17, 15) is 0 Å². The molecule has 1 aliphatic heterocycles. The number of aryl methyl sites for hydroxylation is 2. The van der Waals surface area contributed by atoms with Crippen molar-refractivity contribution < 1.29 is 0 Å². The first kappa shape index (κ1) is 18.8. The summed E-state index contributed by atoms with van der Waals surface area (Å²) in [5.41, 5.74) is 1.49. The van der Waals surface area contributed by atoms with Crippen LogP contribution in [0.2, 0.25) is 5.02 Å². The summed E-state index contributed by atoms with van der Waals surface area (Å²) in [6.45, 7) is 5.22. The molecular weight excluding hydrogens is 408 g/mol. The molecule has 0 saturated carbocycles. The molecule has 2 aliphatic rings. The lowest BCUT2D eigenvalue weighted by molar-refractivity contribution is 0.145. The fourth-order valence-corrected chi connectivity index (χ4v) is 6.41. The first-order valence-corrected chi connectivity index (χ1v) is 11.8. The van der Waals surface area contributed by atoms with Gasteiger partial charge >= 0.3 is 0 Å². The molecule has 1 fully saturated rings. The van der Waals surface area contributed by atoms with Crippen molar-refractivity contribution in [3.05, 3.63) is 45.6 Å². The fourth-order valence-electron chi connectivity index (χ4n) is 3.97. The number of hydrogen-bond acceptors (Lipinski definition) is 6. The Morgan fingerprint density at radius 3 is 2.64 bits per heavy atom. The van der Waals surface area contributed by atoms with Crippen molar-refractivity contribution in [3.8, 4) is 0 Å². The molecule has 0 N–H and O–H groups in total. The van der Waals surface area contributed by atoms with Crippen molar-refractivity contribution in [1.82, 2.24) is 19.8 Å². The van der Waals surface area contributed by atoms with Crippen LogP contribution in [0.25, 0.3) is 10.2 Å². The van der Waals surface area contributed by atoms with E-state index in [1.807, 2.05) is 23.5 Å². The highest BCUT2D eigenvalue weighted by atomic mass is 35.5. The highest BCUT2D eigenvalue weighted by molar-refractivity contribution is 7.99. The molecule has 2 aromatic heterocycles. The van der Waals surface area contributed by atoms with Crippen LogP contribution >= 0.6 is 34.7 Å². The molecule has 0 unspecified atom stereocenters. The summed E-state index contributed by atoms with van der Waals surface area (Å²) >= 11 is 9.69. The zero-order valence-corrected chi connectivity index (χ0v) is 18.3. The molecule has 3 aromatic rings. The quantitative estimate of drug-likeness (QED) is 0.558. The Morgan fingerprint density at radius 1 is 1.07 bits per heavy atom. The predicted molar refractivity (Wildman–Crippen MR) is 118 cm³/mol. The molecule has 1 saturated heterocycles. The Kier molecular flexibility index (Phi) is 5.32. The Morgan fingerprint density at radius 2 is 1.86 bits per heavy atom. The van der Waals surface area contributed by atoms with Crippen molar-refractivity contribution in [1.29, 1.82) is 0 Å². The van der Waals surface area contributed by atoms with Gasteiger partial charge in [-0.3, -0.25) is 4.90 Å². The summed E-state index contributed by atoms with van der Waals surface area (Å²) in [5, 5.41) is 3.17. The van der Waals surface area contributed by atoms with Crippen LogP contribution < -0.4 is 0 Å². The lowest BCUT2D eigenvalue weighted by Crippen LogP contribution is -2.44. The van der Waals surface area contributed by atoms with Crippen molar-refractivity contribution in [2.75, 3.05) is 33.2 Å². The number of piperazine rings is 1. The third-order valence-corrected chi connectivity index (χ3v) is 8.00. The van der Waals surface area contributed by atoms with Gasteiger partial charge in [-0.15, -0.1) is 11.3 Å². The average Bonchev–Trinajstić information content (AvgIpc) is 3.26. The number of rotatable bonds is 4. The molecule has 4 nitrogen and oxygen atoms in total. The van der Waals surface area contributed by atoms with Gasteiger partial charge in [0, 0.05) is 46.4 Å². The molecule has 28 heavy (non-hydrogen) atoms. The van der Waals surface area contributed by atoms with Crippen LogP contribution in [0.5, 0.6) is 0 Å². The van der Waals surface area contributed by atoms with E-state index in [4.69, 9.17) is 21.6 Å². The van der Waals surface area contributed by atoms with Crippen molar-refractivity contribution in [3.63, 3.8) is 0 Å². The monoisotopic (exact) mass is 430 g/mol. The summed E-state index contributed by atoms with van der Waals surface area (Å²) in [5.74, 6) is 0.952. The molecule has 0 atom stereocenters. The number of likely N-dealkylation sites (N-methyl/N-ethyl adjacent to an activating group) is 1. The van der Waals surface area contributed by atoms with Crippen LogP contribution in [0, 0.1) is 0 Å². The summed E-state index contributed by atoms with van der Waals surface area (Å²) in [7, 11) is 2.19. The standard InChI is InChI=1S/C21H23ClN4S2/c1-25-9-11-26(12-10-25)13-18-23-20(27-15-7-5-14(22)6-8-15)19-16-3-2-4-17(16)28-21(19)24-18/h5-8H,2-4,9-13H2,1H3. The molecule has 0 radical (unpaired) electrons. The largest absolute Gasteiger partial charge is 0.304 e. The minimum absolute atomic E-state index is 0.768. The molecule has 0 amide bonds. The average molecular weight is 431 g/mol. The molecule has 0 spiro atoms. The Labute approximate surface area is 178 Å². The van der Waals surface area contributed by atoms with E-state index in [0.717, 1.165) is 55.0 Å². The van der Waals surface area contributed by atoms with Gasteiger partial charge in [-0.2, -0.15) is 0 Å².